The highest BCUT2D eigenvalue weighted by Gasteiger charge is 2.59. The molecule has 1 spiro atoms. The van der Waals surface area contributed by atoms with Crippen LogP contribution in [0.25, 0.3) is 0 Å². The summed E-state index contributed by atoms with van der Waals surface area (Å²) in [7, 11) is -2.90. The van der Waals surface area contributed by atoms with Gasteiger partial charge >= 0.3 is 0 Å². The summed E-state index contributed by atoms with van der Waals surface area (Å²) in [5, 5.41) is 7.54. The zero-order valence-electron chi connectivity index (χ0n) is 11.6. The number of nitrogens with zero attached hydrogens (tertiary/aromatic N) is 1. The van der Waals surface area contributed by atoms with E-state index in [9.17, 15) is 13.2 Å². The number of carbonyl (C=O) groups excluding carboxylic acids is 1. The van der Waals surface area contributed by atoms with E-state index in [1.807, 2.05) is 16.3 Å². The highest BCUT2D eigenvalue weighted by molar-refractivity contribution is 7.91. The van der Waals surface area contributed by atoms with Crippen LogP contribution < -0.4 is 5.32 Å². The molecule has 1 amide bonds. The molecule has 1 aromatic heterocycles. The third-order valence-electron chi connectivity index (χ3n) is 4.79. The molecule has 3 aliphatic rings. The molecule has 21 heavy (non-hydrogen) atoms. The summed E-state index contributed by atoms with van der Waals surface area (Å²) >= 11 is 1.62. The summed E-state index contributed by atoms with van der Waals surface area (Å²) in [6.45, 7) is 0.549. The van der Waals surface area contributed by atoms with Gasteiger partial charge in [0, 0.05) is 6.54 Å². The molecule has 1 saturated carbocycles. The van der Waals surface area contributed by atoms with Crippen molar-refractivity contribution in [1.29, 1.82) is 0 Å². The lowest BCUT2D eigenvalue weighted by Crippen LogP contribution is -2.36. The zero-order chi connectivity index (χ0) is 14.7. The fourth-order valence-electron chi connectivity index (χ4n) is 3.45. The molecule has 3 heterocycles. The maximum atomic E-state index is 12.7. The highest BCUT2D eigenvalue weighted by atomic mass is 32.2. The number of carbonyl (C=O) groups is 1. The number of nitrogens with one attached hydrogen (secondary N) is 1. The minimum atomic E-state index is -2.90. The van der Waals surface area contributed by atoms with Crippen molar-refractivity contribution in [3.63, 3.8) is 0 Å². The van der Waals surface area contributed by atoms with Crippen LogP contribution in [0.4, 0.5) is 0 Å². The van der Waals surface area contributed by atoms with E-state index in [0.29, 0.717) is 13.0 Å². The van der Waals surface area contributed by atoms with E-state index >= 15 is 0 Å². The number of hydrogen-bond acceptors (Lipinski definition) is 5. The monoisotopic (exact) mass is 326 g/mol. The van der Waals surface area contributed by atoms with Gasteiger partial charge in [-0.1, -0.05) is 0 Å². The van der Waals surface area contributed by atoms with Gasteiger partial charge in [-0.3, -0.25) is 10.1 Å². The van der Waals surface area contributed by atoms with Gasteiger partial charge in [0.05, 0.1) is 11.5 Å². The van der Waals surface area contributed by atoms with Crippen molar-refractivity contribution in [2.24, 2.45) is 5.92 Å². The van der Waals surface area contributed by atoms with Crippen LogP contribution in [0.15, 0.2) is 16.8 Å². The molecule has 1 aliphatic carbocycles. The van der Waals surface area contributed by atoms with Gasteiger partial charge in [0.1, 0.15) is 11.7 Å². The standard InChI is InChI=1S/C14H18N2O3S2/c17-13-14(3-4-14)15-12(11-1-5-20-8-11)16(13)7-10-2-6-21(18,19)9-10/h1,5,8,10,12,15H,2-4,6-7,9H2. The van der Waals surface area contributed by atoms with Gasteiger partial charge in [0.15, 0.2) is 9.84 Å². The van der Waals surface area contributed by atoms with Crippen molar-refractivity contribution in [3.8, 4) is 0 Å². The van der Waals surface area contributed by atoms with E-state index in [4.69, 9.17) is 0 Å². The molecule has 0 bridgehead atoms. The predicted molar refractivity (Wildman–Crippen MR) is 80.6 cm³/mol. The average Bonchev–Trinajstić information content (AvgIpc) is 2.79. The van der Waals surface area contributed by atoms with Crippen molar-refractivity contribution in [3.05, 3.63) is 22.4 Å². The summed E-state index contributed by atoms with van der Waals surface area (Å²) in [5.74, 6) is 0.723. The normalized spacial score (nSPS) is 33.0. The molecule has 2 saturated heterocycles. The fourth-order valence-corrected chi connectivity index (χ4v) is 5.98. The minimum Gasteiger partial charge on any atom is -0.321 e. The van der Waals surface area contributed by atoms with E-state index in [1.165, 1.54) is 0 Å². The van der Waals surface area contributed by atoms with Crippen LogP contribution in [-0.2, 0) is 14.6 Å². The molecule has 2 atom stereocenters. The molecule has 1 aromatic rings. The molecule has 114 valence electrons. The Kier molecular flexibility index (Phi) is 2.96. The maximum Gasteiger partial charge on any atom is 0.244 e. The first-order chi connectivity index (χ1) is 9.99. The van der Waals surface area contributed by atoms with Crippen molar-refractivity contribution < 1.29 is 13.2 Å². The molecule has 1 N–H and O–H groups in total. The van der Waals surface area contributed by atoms with Crippen LogP contribution in [0.2, 0.25) is 0 Å². The highest BCUT2D eigenvalue weighted by Crippen LogP contribution is 2.46. The molecule has 5 nitrogen and oxygen atoms in total. The molecule has 0 aromatic carbocycles. The summed E-state index contributed by atoms with van der Waals surface area (Å²) in [4.78, 5) is 14.5. The summed E-state index contributed by atoms with van der Waals surface area (Å²) in [6.07, 6.45) is 2.38. The van der Waals surface area contributed by atoms with Crippen LogP contribution in [0.5, 0.6) is 0 Å². The number of thiophene rings is 1. The Balaban J connectivity index is 1.57. The smallest absolute Gasteiger partial charge is 0.244 e. The Morgan fingerprint density at radius 1 is 1.43 bits per heavy atom. The van der Waals surface area contributed by atoms with Crippen LogP contribution in [0, 0.1) is 5.92 Å². The van der Waals surface area contributed by atoms with E-state index in [2.05, 4.69) is 10.7 Å². The molecule has 4 rings (SSSR count). The van der Waals surface area contributed by atoms with Gasteiger partial charge in [-0.05, 0) is 47.6 Å². The molecular formula is C14H18N2O3S2. The average molecular weight is 326 g/mol. The minimum absolute atomic E-state index is 0.0794. The summed E-state index contributed by atoms with van der Waals surface area (Å²) in [6, 6.07) is 2.04. The lowest BCUT2D eigenvalue weighted by molar-refractivity contribution is -0.131. The first-order valence-corrected chi connectivity index (χ1v) is 10.1. The Morgan fingerprint density at radius 2 is 2.24 bits per heavy atom. The second-order valence-corrected chi connectivity index (χ2v) is 9.42. The van der Waals surface area contributed by atoms with E-state index in [0.717, 1.165) is 18.4 Å². The van der Waals surface area contributed by atoms with Gasteiger partial charge in [-0.15, -0.1) is 0 Å². The Bertz CT molecular complexity index is 664. The Hall–Kier alpha value is -0.920. The Labute approximate surface area is 128 Å². The van der Waals surface area contributed by atoms with E-state index in [1.54, 1.807) is 11.3 Å². The Morgan fingerprint density at radius 3 is 2.81 bits per heavy atom. The fraction of sp³-hybridized carbons (Fsp3) is 0.643. The van der Waals surface area contributed by atoms with Crippen LogP contribution in [-0.4, -0.2) is 42.8 Å². The zero-order valence-corrected chi connectivity index (χ0v) is 13.3. The second kappa shape index (κ2) is 4.54. The molecule has 3 fully saturated rings. The van der Waals surface area contributed by atoms with E-state index in [-0.39, 0.29) is 35.0 Å². The molecule has 2 aliphatic heterocycles. The van der Waals surface area contributed by atoms with Crippen molar-refractivity contribution in [1.82, 2.24) is 10.2 Å². The molecule has 2 unspecified atom stereocenters. The molecule has 0 radical (unpaired) electrons. The van der Waals surface area contributed by atoms with Gasteiger partial charge in [0.2, 0.25) is 5.91 Å². The van der Waals surface area contributed by atoms with Crippen molar-refractivity contribution in [2.45, 2.75) is 31.0 Å². The number of amides is 1. The van der Waals surface area contributed by atoms with Gasteiger partial charge in [0.25, 0.3) is 0 Å². The van der Waals surface area contributed by atoms with Crippen LogP contribution in [0.3, 0.4) is 0 Å². The van der Waals surface area contributed by atoms with Gasteiger partial charge < -0.3 is 4.90 Å². The second-order valence-electron chi connectivity index (χ2n) is 6.41. The maximum absolute atomic E-state index is 12.7. The summed E-state index contributed by atoms with van der Waals surface area (Å²) in [5.41, 5.74) is 0.752. The third-order valence-corrected chi connectivity index (χ3v) is 7.32. The number of hydrogen-bond donors (Lipinski definition) is 1. The number of sulfone groups is 1. The van der Waals surface area contributed by atoms with Crippen LogP contribution >= 0.6 is 11.3 Å². The SMILES string of the molecule is O=C1N(CC2CCS(=O)(=O)C2)C(c2ccsc2)NC12CC2. The lowest BCUT2D eigenvalue weighted by atomic mass is 10.1. The third kappa shape index (κ3) is 2.31. The largest absolute Gasteiger partial charge is 0.321 e. The van der Waals surface area contributed by atoms with Gasteiger partial charge in [-0.2, -0.15) is 11.3 Å². The quantitative estimate of drug-likeness (QED) is 0.905. The van der Waals surface area contributed by atoms with Crippen LogP contribution in [0.1, 0.15) is 31.0 Å². The lowest BCUT2D eigenvalue weighted by Gasteiger charge is -2.26. The topological polar surface area (TPSA) is 66.5 Å². The van der Waals surface area contributed by atoms with Crippen molar-refractivity contribution in [2.75, 3.05) is 18.1 Å². The predicted octanol–water partition coefficient (Wildman–Crippen LogP) is 1.15. The first-order valence-electron chi connectivity index (χ1n) is 7.30. The number of rotatable bonds is 3. The van der Waals surface area contributed by atoms with E-state index < -0.39 is 9.84 Å². The van der Waals surface area contributed by atoms with Crippen molar-refractivity contribution >= 4 is 27.1 Å². The summed E-state index contributed by atoms with van der Waals surface area (Å²) < 4.78 is 23.3. The molecular weight excluding hydrogens is 308 g/mol. The van der Waals surface area contributed by atoms with Gasteiger partial charge in [-0.25, -0.2) is 8.42 Å². The first kappa shape index (κ1) is 13.7. The molecule has 7 heteroatoms.